The summed E-state index contributed by atoms with van der Waals surface area (Å²) >= 11 is 0. The summed E-state index contributed by atoms with van der Waals surface area (Å²) in [4.78, 5) is 0. The second-order valence-corrected chi connectivity index (χ2v) is 12.3. The highest BCUT2D eigenvalue weighted by Gasteiger charge is 2.40. The second-order valence-electron chi connectivity index (χ2n) is 7.55. The molecule has 0 aliphatic heterocycles. The number of rotatable bonds is 6. The van der Waals surface area contributed by atoms with E-state index in [1.54, 1.807) is 0 Å². The Bertz CT molecular complexity index is 368. The monoisotopic (exact) mass is 292 g/mol. The van der Waals surface area contributed by atoms with Crippen molar-refractivity contribution in [3.8, 4) is 12.3 Å². The van der Waals surface area contributed by atoms with Gasteiger partial charge in [-0.25, -0.2) is 0 Å². The van der Waals surface area contributed by atoms with E-state index < -0.39 is 8.32 Å². The van der Waals surface area contributed by atoms with E-state index in [0.717, 1.165) is 12.8 Å². The minimum absolute atomic E-state index is 0.277. The molecule has 1 nitrogen and oxygen atoms in total. The molecule has 0 heterocycles. The van der Waals surface area contributed by atoms with Gasteiger partial charge in [-0.3, -0.25) is 0 Å². The summed E-state index contributed by atoms with van der Waals surface area (Å²) < 4.78 is 6.57. The summed E-state index contributed by atoms with van der Waals surface area (Å²) in [5, 5.41) is 0.277. The fourth-order valence-electron chi connectivity index (χ4n) is 2.39. The maximum atomic E-state index is 6.57. The van der Waals surface area contributed by atoms with Gasteiger partial charge in [-0.05, 0) is 56.3 Å². The van der Waals surface area contributed by atoms with Gasteiger partial charge in [-0.2, -0.15) is 0 Å². The van der Waals surface area contributed by atoms with Crippen molar-refractivity contribution in [1.82, 2.24) is 0 Å². The molecule has 0 saturated heterocycles. The van der Waals surface area contributed by atoms with Gasteiger partial charge < -0.3 is 4.43 Å². The third kappa shape index (κ3) is 5.02. The maximum Gasteiger partial charge on any atom is 0.250 e. The quantitative estimate of drug-likeness (QED) is 0.337. The molecule has 0 bridgehead atoms. The van der Waals surface area contributed by atoms with E-state index >= 15 is 0 Å². The van der Waals surface area contributed by atoms with Gasteiger partial charge in [0.1, 0.15) is 0 Å². The lowest BCUT2D eigenvalue weighted by atomic mass is 9.89. The summed E-state index contributed by atoms with van der Waals surface area (Å²) in [5.74, 6) is 4.67. The molecule has 0 radical (unpaired) electrons. The Morgan fingerprint density at radius 2 is 2.05 bits per heavy atom. The second kappa shape index (κ2) is 7.36. The van der Waals surface area contributed by atoms with Crippen LogP contribution in [0.5, 0.6) is 0 Å². The van der Waals surface area contributed by atoms with Gasteiger partial charge in [-0.15, -0.1) is 12.3 Å². The molecule has 0 spiro atoms. The Kier molecular flexibility index (Phi) is 6.39. The van der Waals surface area contributed by atoms with E-state index in [1.807, 2.05) is 0 Å². The van der Waals surface area contributed by atoms with Crippen molar-refractivity contribution in [3.63, 3.8) is 0 Å². The molecule has 0 amide bonds. The molecule has 1 atom stereocenters. The van der Waals surface area contributed by atoms with Crippen LogP contribution >= 0.6 is 0 Å². The first-order valence-corrected chi connectivity index (χ1v) is 11.0. The standard InChI is InChI=1S/C18H32OSi/c1-7-8-9-10-13-16-14-11-12-15-17(16)19-20(5,6)18(2,3)4/h1,15-16H,8-14H2,2-6H3. The number of hydrogen-bond donors (Lipinski definition) is 0. The van der Waals surface area contributed by atoms with Gasteiger partial charge in [-0.1, -0.05) is 27.2 Å². The molecule has 0 fully saturated rings. The normalized spacial score (nSPS) is 20.2. The molecule has 0 saturated carbocycles. The molecule has 0 N–H and O–H groups in total. The molecular formula is C18H32OSi. The number of terminal acetylenes is 1. The van der Waals surface area contributed by atoms with Crippen molar-refractivity contribution in [2.75, 3.05) is 0 Å². The van der Waals surface area contributed by atoms with Crippen LogP contribution in [0.1, 0.15) is 65.7 Å². The summed E-state index contributed by atoms with van der Waals surface area (Å²) in [6.45, 7) is 11.6. The number of hydrogen-bond acceptors (Lipinski definition) is 1. The third-order valence-corrected chi connectivity index (χ3v) is 9.17. The molecule has 1 aliphatic carbocycles. The van der Waals surface area contributed by atoms with Crippen LogP contribution in [0.4, 0.5) is 0 Å². The van der Waals surface area contributed by atoms with Crippen LogP contribution in [0.2, 0.25) is 18.1 Å². The fraction of sp³-hybridized carbons (Fsp3) is 0.778. The van der Waals surface area contributed by atoms with Crippen LogP contribution in [0.25, 0.3) is 0 Å². The van der Waals surface area contributed by atoms with Crippen LogP contribution in [-0.4, -0.2) is 8.32 Å². The average Bonchev–Trinajstić information content (AvgIpc) is 2.35. The largest absolute Gasteiger partial charge is 0.547 e. The summed E-state index contributed by atoms with van der Waals surface area (Å²) in [6.07, 6.45) is 16.0. The minimum atomic E-state index is -1.69. The first-order chi connectivity index (χ1) is 9.28. The topological polar surface area (TPSA) is 9.23 Å². The van der Waals surface area contributed by atoms with Crippen molar-refractivity contribution in [1.29, 1.82) is 0 Å². The molecule has 1 rings (SSSR count). The smallest absolute Gasteiger partial charge is 0.250 e. The van der Waals surface area contributed by atoms with Crippen LogP contribution in [0.15, 0.2) is 11.8 Å². The Morgan fingerprint density at radius 1 is 1.35 bits per heavy atom. The molecule has 1 unspecified atom stereocenters. The van der Waals surface area contributed by atoms with E-state index in [0.29, 0.717) is 5.92 Å². The molecule has 20 heavy (non-hydrogen) atoms. The molecule has 0 aromatic heterocycles. The zero-order valence-electron chi connectivity index (χ0n) is 14.1. The number of allylic oxidation sites excluding steroid dienone is 2. The molecule has 0 aromatic rings. The molecular weight excluding hydrogens is 260 g/mol. The van der Waals surface area contributed by atoms with E-state index in [2.05, 4.69) is 45.9 Å². The van der Waals surface area contributed by atoms with Crippen molar-refractivity contribution >= 4 is 8.32 Å². The van der Waals surface area contributed by atoms with Gasteiger partial charge in [0.05, 0.1) is 5.76 Å². The summed E-state index contributed by atoms with van der Waals surface area (Å²) in [6, 6.07) is 0. The van der Waals surface area contributed by atoms with Gasteiger partial charge in [0.25, 0.3) is 0 Å². The van der Waals surface area contributed by atoms with Crippen LogP contribution in [0, 0.1) is 18.3 Å². The summed E-state index contributed by atoms with van der Waals surface area (Å²) in [7, 11) is -1.69. The first kappa shape index (κ1) is 17.4. The highest BCUT2D eigenvalue weighted by Crippen LogP contribution is 2.41. The predicted molar refractivity (Wildman–Crippen MR) is 91.0 cm³/mol. The van der Waals surface area contributed by atoms with Gasteiger partial charge >= 0.3 is 0 Å². The third-order valence-electron chi connectivity index (χ3n) is 4.81. The lowest BCUT2D eigenvalue weighted by molar-refractivity contribution is 0.281. The van der Waals surface area contributed by atoms with Crippen molar-refractivity contribution in [2.45, 2.75) is 83.8 Å². The lowest BCUT2D eigenvalue weighted by Crippen LogP contribution is -2.41. The SMILES string of the molecule is C#CCCCCC1CCCC=C1O[Si](C)(C)C(C)(C)C. The van der Waals surface area contributed by atoms with E-state index in [-0.39, 0.29) is 5.04 Å². The van der Waals surface area contributed by atoms with Gasteiger partial charge in [0.15, 0.2) is 0 Å². The van der Waals surface area contributed by atoms with E-state index in [9.17, 15) is 0 Å². The Labute approximate surface area is 127 Å². The summed E-state index contributed by atoms with van der Waals surface area (Å²) in [5.41, 5.74) is 0. The average molecular weight is 293 g/mol. The molecule has 1 aliphatic rings. The molecule has 114 valence electrons. The highest BCUT2D eigenvalue weighted by molar-refractivity contribution is 6.74. The Balaban J connectivity index is 2.61. The van der Waals surface area contributed by atoms with Gasteiger partial charge in [0, 0.05) is 12.3 Å². The first-order valence-electron chi connectivity index (χ1n) is 8.10. The van der Waals surface area contributed by atoms with Crippen molar-refractivity contribution in [2.24, 2.45) is 5.92 Å². The molecule has 2 heteroatoms. The van der Waals surface area contributed by atoms with Crippen LogP contribution in [-0.2, 0) is 4.43 Å². The van der Waals surface area contributed by atoms with Crippen LogP contribution < -0.4 is 0 Å². The fourth-order valence-corrected chi connectivity index (χ4v) is 3.54. The Hall–Kier alpha value is -0.683. The van der Waals surface area contributed by atoms with Crippen LogP contribution in [0.3, 0.4) is 0 Å². The maximum absolute atomic E-state index is 6.57. The minimum Gasteiger partial charge on any atom is -0.547 e. The van der Waals surface area contributed by atoms with Gasteiger partial charge in [0.2, 0.25) is 8.32 Å². The zero-order valence-corrected chi connectivity index (χ0v) is 15.1. The van der Waals surface area contributed by atoms with Crippen molar-refractivity contribution in [3.05, 3.63) is 11.8 Å². The van der Waals surface area contributed by atoms with E-state index in [1.165, 1.54) is 37.9 Å². The highest BCUT2D eigenvalue weighted by atomic mass is 28.4. The van der Waals surface area contributed by atoms with E-state index in [4.69, 9.17) is 10.8 Å². The molecule has 0 aromatic carbocycles. The zero-order chi connectivity index (χ0) is 15.2. The lowest BCUT2D eigenvalue weighted by Gasteiger charge is -2.40. The van der Waals surface area contributed by atoms with Crippen molar-refractivity contribution < 1.29 is 4.43 Å². The number of unbranched alkanes of at least 4 members (excludes halogenated alkanes) is 2. The Morgan fingerprint density at radius 3 is 2.65 bits per heavy atom. The predicted octanol–water partition coefficient (Wildman–Crippen LogP) is 5.89.